The first kappa shape index (κ1) is 41.1. The highest BCUT2D eigenvalue weighted by Gasteiger charge is 2.74. The van der Waals surface area contributed by atoms with E-state index in [1.165, 1.54) is 26.0 Å². The summed E-state index contributed by atoms with van der Waals surface area (Å²) in [6.07, 6.45) is -24.2. The van der Waals surface area contributed by atoms with Crippen LogP contribution in [0.5, 0.6) is 11.5 Å². The highest BCUT2D eigenvalue weighted by atomic mass is 32.2. The average molecular weight is 773 g/mol. The zero-order valence-electron chi connectivity index (χ0n) is 25.8. The van der Waals surface area contributed by atoms with E-state index in [-0.39, 0.29) is 0 Å². The molecule has 3 rings (SSSR count). The van der Waals surface area contributed by atoms with Gasteiger partial charge in [-0.2, -0.15) is 48.3 Å². The van der Waals surface area contributed by atoms with Crippen molar-refractivity contribution < 1.29 is 80.2 Å². The molecule has 0 saturated heterocycles. The molecule has 3 atom stereocenters. The maximum absolute atomic E-state index is 14.0. The van der Waals surface area contributed by atoms with Crippen LogP contribution in [0.4, 0.5) is 48.3 Å². The molecule has 0 aliphatic carbocycles. The molecule has 0 aliphatic heterocycles. The van der Waals surface area contributed by atoms with E-state index < -0.39 is 86.8 Å². The molecule has 3 aromatic carbocycles. The second kappa shape index (κ2) is 15.1. The third-order valence-corrected chi connectivity index (χ3v) is 9.85. The fourth-order valence-electron chi connectivity index (χ4n) is 4.22. The molecule has 0 fully saturated rings. The molecule has 3 aromatic rings. The minimum atomic E-state index is -6.80. The Hall–Kier alpha value is -3.33. The van der Waals surface area contributed by atoms with Crippen LogP contribution in [0.2, 0.25) is 0 Å². The maximum atomic E-state index is 14.0. The number of halogens is 11. The van der Waals surface area contributed by atoms with Crippen LogP contribution in [0.15, 0.2) is 93.5 Å². The summed E-state index contributed by atoms with van der Waals surface area (Å²) in [6.45, 7) is 0.535. The Morgan fingerprint density at radius 2 is 1.14 bits per heavy atom. The first-order valence-electron chi connectivity index (χ1n) is 13.9. The van der Waals surface area contributed by atoms with Crippen molar-refractivity contribution in [2.75, 3.05) is 13.7 Å². The van der Waals surface area contributed by atoms with Crippen LogP contribution in [0.25, 0.3) is 0 Å². The van der Waals surface area contributed by atoms with Crippen molar-refractivity contribution in [1.82, 2.24) is 0 Å². The van der Waals surface area contributed by atoms with Gasteiger partial charge in [0.1, 0.15) is 18.1 Å². The molecule has 20 heteroatoms. The summed E-state index contributed by atoms with van der Waals surface area (Å²) in [5, 5.41) is -5.88. The van der Waals surface area contributed by atoms with E-state index in [4.69, 9.17) is 9.47 Å². The Labute approximate surface area is 281 Å². The van der Waals surface area contributed by atoms with Crippen LogP contribution in [-0.2, 0) is 30.5 Å². The van der Waals surface area contributed by atoms with E-state index in [9.17, 15) is 61.3 Å². The first-order valence-corrected chi connectivity index (χ1v) is 16.5. The second-order valence-corrected chi connectivity index (χ2v) is 14.2. The molecule has 0 spiro atoms. The topological polar surface area (TPSA) is 94.1 Å². The predicted molar refractivity (Wildman–Crippen MR) is 154 cm³/mol. The number of rotatable bonds is 14. The summed E-state index contributed by atoms with van der Waals surface area (Å²) < 4.78 is 203. The van der Waals surface area contributed by atoms with Gasteiger partial charge < -0.3 is 23.5 Å². The molecule has 0 saturated carbocycles. The molecule has 0 radical (unpaired) electrons. The first-order chi connectivity index (χ1) is 22.9. The molecular formula is C30H27F11O7S2. The number of methoxy groups -OCH3 is 1. The molecule has 3 unspecified atom stereocenters. The van der Waals surface area contributed by atoms with Gasteiger partial charge >= 0.3 is 23.8 Å². The molecular weight excluding hydrogens is 745 g/mol. The lowest BCUT2D eigenvalue weighted by Gasteiger charge is -2.39. The van der Waals surface area contributed by atoms with Gasteiger partial charge in [0.25, 0.3) is 11.7 Å². The summed E-state index contributed by atoms with van der Waals surface area (Å²) >= 11 is 0. The van der Waals surface area contributed by atoms with Gasteiger partial charge in [0, 0.05) is 13.0 Å². The zero-order valence-corrected chi connectivity index (χ0v) is 27.4. The number of hydrogen-bond donors (Lipinski definition) is 0. The molecule has 50 heavy (non-hydrogen) atoms. The maximum Gasteiger partial charge on any atom is 0.432 e. The standard InChI is InChI=1S/C30H27F11O7S2/c1-18(2)24(45-3)48-26(29(36,37)38,30(39,40)41)17-46-19-9-13-22(14-10-19)49(21-7-5-4-6-8-21)23-15-11-20(12-16-23)47-25(27(31,32)33)28(34,35)50(42,43)44/h4-16,18,24-25H,17H2,1-3H3. The van der Waals surface area contributed by atoms with Crippen molar-refractivity contribution in [2.24, 2.45) is 5.92 Å². The number of hydrogen-bond acceptors (Lipinski definition) is 7. The highest BCUT2D eigenvalue weighted by Crippen LogP contribution is 2.48. The lowest BCUT2D eigenvalue weighted by Crippen LogP contribution is -2.64. The summed E-state index contributed by atoms with van der Waals surface area (Å²) in [5.74, 6) is -2.23. The summed E-state index contributed by atoms with van der Waals surface area (Å²) in [6, 6.07) is 16.8. The van der Waals surface area contributed by atoms with Gasteiger partial charge in [-0.15, -0.1) is 0 Å². The third kappa shape index (κ3) is 9.12. The molecule has 0 amide bonds. The van der Waals surface area contributed by atoms with Crippen LogP contribution in [0.1, 0.15) is 13.8 Å². The van der Waals surface area contributed by atoms with Crippen LogP contribution < -0.4 is 9.47 Å². The quantitative estimate of drug-likeness (QED) is 0.0708. The zero-order chi connectivity index (χ0) is 37.9. The van der Waals surface area contributed by atoms with E-state index in [0.717, 1.165) is 43.5 Å². The Balaban J connectivity index is 1.96. The van der Waals surface area contributed by atoms with Crippen molar-refractivity contribution in [3.63, 3.8) is 0 Å². The van der Waals surface area contributed by atoms with Gasteiger partial charge in [-0.1, -0.05) is 32.0 Å². The molecule has 0 aliphatic rings. The van der Waals surface area contributed by atoms with Gasteiger partial charge in [-0.05, 0) is 60.7 Å². The second-order valence-electron chi connectivity index (χ2n) is 10.7. The van der Waals surface area contributed by atoms with Crippen molar-refractivity contribution in [3.8, 4) is 11.5 Å². The lowest BCUT2D eigenvalue weighted by atomic mass is 10.0. The van der Waals surface area contributed by atoms with Gasteiger partial charge in [-0.3, -0.25) is 0 Å². The van der Waals surface area contributed by atoms with Crippen molar-refractivity contribution in [1.29, 1.82) is 0 Å². The van der Waals surface area contributed by atoms with Crippen LogP contribution in [0, 0.1) is 5.92 Å². The molecule has 0 heterocycles. The Kier molecular flexibility index (Phi) is 12.4. The fraction of sp³-hybridized carbons (Fsp3) is 0.400. The van der Waals surface area contributed by atoms with E-state index in [2.05, 4.69) is 9.47 Å². The van der Waals surface area contributed by atoms with E-state index in [1.54, 1.807) is 30.3 Å². The van der Waals surface area contributed by atoms with Gasteiger partial charge in [0.05, 0.1) is 10.9 Å². The largest absolute Gasteiger partial charge is 0.743 e. The predicted octanol–water partition coefficient (Wildman–Crippen LogP) is 8.12. The van der Waals surface area contributed by atoms with Crippen molar-refractivity contribution in [3.05, 3.63) is 78.9 Å². The minimum Gasteiger partial charge on any atom is -0.743 e. The Bertz CT molecular complexity index is 1630. The highest BCUT2D eigenvalue weighted by molar-refractivity contribution is 7.97. The van der Waals surface area contributed by atoms with Crippen LogP contribution in [-0.4, -0.2) is 68.5 Å². The van der Waals surface area contributed by atoms with E-state index in [0.29, 0.717) is 14.7 Å². The smallest absolute Gasteiger partial charge is 0.432 e. The van der Waals surface area contributed by atoms with Crippen LogP contribution >= 0.6 is 0 Å². The Morgan fingerprint density at radius 1 is 0.700 bits per heavy atom. The molecule has 0 bridgehead atoms. The fourth-order valence-corrected chi connectivity index (χ4v) is 6.72. The normalized spacial score (nSPS) is 15.4. The summed E-state index contributed by atoms with van der Waals surface area (Å²) in [7, 11) is -7.10. The van der Waals surface area contributed by atoms with Crippen molar-refractivity contribution >= 4 is 21.0 Å². The average Bonchev–Trinajstić information content (AvgIpc) is 2.99. The minimum absolute atomic E-state index is 0.296. The summed E-state index contributed by atoms with van der Waals surface area (Å²) in [4.78, 5) is 1.21. The monoisotopic (exact) mass is 772 g/mol. The van der Waals surface area contributed by atoms with E-state index >= 15 is 0 Å². The molecule has 0 aromatic heterocycles. The van der Waals surface area contributed by atoms with E-state index in [1.807, 2.05) is 0 Å². The number of ether oxygens (including phenoxy) is 4. The van der Waals surface area contributed by atoms with Crippen LogP contribution in [0.3, 0.4) is 0 Å². The summed E-state index contributed by atoms with van der Waals surface area (Å²) in [5.41, 5.74) is -4.78. The number of alkyl halides is 11. The van der Waals surface area contributed by atoms with Crippen molar-refractivity contribution in [2.45, 2.75) is 70.3 Å². The molecule has 0 N–H and O–H groups in total. The number of benzene rings is 3. The Morgan fingerprint density at radius 3 is 1.52 bits per heavy atom. The third-order valence-electron chi connectivity index (χ3n) is 6.74. The van der Waals surface area contributed by atoms with Gasteiger partial charge in [0.2, 0.25) is 0 Å². The molecule has 7 nitrogen and oxygen atoms in total. The van der Waals surface area contributed by atoms with Gasteiger partial charge in [-0.25, -0.2) is 8.42 Å². The SMILES string of the molecule is COC(OC(COc1ccc([S+](c2ccccc2)c2ccc(OC(C(F)(F)F)C(F)(F)S(=O)(=O)[O-])cc2)cc1)(C(F)(F)F)C(F)(F)F)C(C)C. The lowest BCUT2D eigenvalue weighted by molar-refractivity contribution is -0.415. The molecule has 278 valence electrons. The van der Waals surface area contributed by atoms with Gasteiger partial charge in [0.15, 0.2) is 31.1 Å².